The van der Waals surface area contributed by atoms with Crippen LogP contribution in [0.3, 0.4) is 0 Å². The molecule has 1 saturated carbocycles. The van der Waals surface area contributed by atoms with Crippen LogP contribution in [0, 0.1) is 0 Å². The van der Waals surface area contributed by atoms with Crippen LogP contribution in [0.2, 0.25) is 0 Å². The highest BCUT2D eigenvalue weighted by molar-refractivity contribution is 5.22. The van der Waals surface area contributed by atoms with Crippen molar-refractivity contribution < 1.29 is 14.6 Å². The van der Waals surface area contributed by atoms with E-state index in [0.29, 0.717) is 13.0 Å². The lowest BCUT2D eigenvalue weighted by Crippen LogP contribution is -2.55. The van der Waals surface area contributed by atoms with Crippen molar-refractivity contribution >= 4 is 0 Å². The SMILES string of the molecule is CCOC1C(O)CC1Oc1ccccc1. The highest BCUT2D eigenvalue weighted by Gasteiger charge is 2.42. The maximum Gasteiger partial charge on any atom is 0.130 e. The van der Waals surface area contributed by atoms with Crippen LogP contribution in [0.5, 0.6) is 5.75 Å². The van der Waals surface area contributed by atoms with E-state index in [1.165, 1.54) is 0 Å². The van der Waals surface area contributed by atoms with E-state index in [1.807, 2.05) is 37.3 Å². The number of para-hydroxylation sites is 1. The van der Waals surface area contributed by atoms with Gasteiger partial charge in [0.15, 0.2) is 0 Å². The van der Waals surface area contributed by atoms with Crippen LogP contribution in [0.4, 0.5) is 0 Å². The van der Waals surface area contributed by atoms with Crippen molar-refractivity contribution in [3.05, 3.63) is 30.3 Å². The summed E-state index contributed by atoms with van der Waals surface area (Å²) in [6.45, 7) is 2.53. The van der Waals surface area contributed by atoms with Crippen LogP contribution in [0.1, 0.15) is 13.3 Å². The number of hydrogen-bond donors (Lipinski definition) is 1. The maximum absolute atomic E-state index is 9.48. The molecule has 3 unspecified atom stereocenters. The van der Waals surface area contributed by atoms with Crippen molar-refractivity contribution in [2.24, 2.45) is 0 Å². The highest BCUT2D eigenvalue weighted by Crippen LogP contribution is 2.28. The van der Waals surface area contributed by atoms with Gasteiger partial charge in [-0.25, -0.2) is 0 Å². The quantitative estimate of drug-likeness (QED) is 0.817. The molecule has 0 aromatic heterocycles. The van der Waals surface area contributed by atoms with E-state index < -0.39 is 0 Å². The van der Waals surface area contributed by atoms with E-state index in [9.17, 15) is 5.11 Å². The molecule has 2 rings (SSSR count). The molecule has 3 atom stereocenters. The Morgan fingerprint density at radius 3 is 2.67 bits per heavy atom. The number of aliphatic hydroxyl groups excluding tert-OH is 1. The lowest BCUT2D eigenvalue weighted by atomic mass is 9.88. The van der Waals surface area contributed by atoms with Crippen molar-refractivity contribution in [2.75, 3.05) is 6.61 Å². The summed E-state index contributed by atoms with van der Waals surface area (Å²) in [6, 6.07) is 9.63. The van der Waals surface area contributed by atoms with Crippen molar-refractivity contribution in [3.8, 4) is 5.75 Å². The summed E-state index contributed by atoms with van der Waals surface area (Å²) in [4.78, 5) is 0. The molecule has 0 saturated heterocycles. The van der Waals surface area contributed by atoms with E-state index in [0.717, 1.165) is 5.75 Å². The first-order valence-corrected chi connectivity index (χ1v) is 5.32. The monoisotopic (exact) mass is 208 g/mol. The summed E-state index contributed by atoms with van der Waals surface area (Å²) in [7, 11) is 0. The first-order chi connectivity index (χ1) is 7.31. The third kappa shape index (κ3) is 2.30. The first kappa shape index (κ1) is 10.5. The lowest BCUT2D eigenvalue weighted by molar-refractivity contribution is -0.160. The Morgan fingerprint density at radius 1 is 1.33 bits per heavy atom. The Labute approximate surface area is 89.6 Å². The smallest absolute Gasteiger partial charge is 0.130 e. The molecule has 3 nitrogen and oxygen atoms in total. The van der Waals surface area contributed by atoms with Crippen molar-refractivity contribution in [3.63, 3.8) is 0 Å². The summed E-state index contributed by atoms with van der Waals surface area (Å²) in [5, 5.41) is 9.48. The molecule has 82 valence electrons. The number of benzene rings is 1. The van der Waals surface area contributed by atoms with Gasteiger partial charge in [0.2, 0.25) is 0 Å². The summed E-state index contributed by atoms with van der Waals surface area (Å²) in [5.41, 5.74) is 0. The molecular weight excluding hydrogens is 192 g/mol. The number of aliphatic hydroxyl groups is 1. The van der Waals surface area contributed by atoms with Gasteiger partial charge in [0.25, 0.3) is 0 Å². The Bertz CT molecular complexity index is 299. The van der Waals surface area contributed by atoms with Gasteiger partial charge in [0.1, 0.15) is 18.0 Å². The number of rotatable bonds is 4. The van der Waals surface area contributed by atoms with Crippen LogP contribution in [0.15, 0.2) is 30.3 Å². The molecule has 1 aliphatic carbocycles. The van der Waals surface area contributed by atoms with Crippen LogP contribution in [-0.4, -0.2) is 30.0 Å². The summed E-state index contributed by atoms with van der Waals surface area (Å²) < 4.78 is 11.1. The number of hydrogen-bond acceptors (Lipinski definition) is 3. The van der Waals surface area contributed by atoms with Gasteiger partial charge in [-0.3, -0.25) is 0 Å². The van der Waals surface area contributed by atoms with E-state index in [1.54, 1.807) is 0 Å². The second-order valence-corrected chi connectivity index (χ2v) is 3.69. The maximum atomic E-state index is 9.48. The fourth-order valence-electron chi connectivity index (χ4n) is 1.76. The molecule has 0 spiro atoms. The molecule has 0 heterocycles. The molecule has 0 aliphatic heterocycles. The average molecular weight is 208 g/mol. The van der Waals surface area contributed by atoms with Crippen molar-refractivity contribution in [1.29, 1.82) is 0 Å². The molecule has 0 radical (unpaired) electrons. The molecule has 1 N–H and O–H groups in total. The zero-order valence-corrected chi connectivity index (χ0v) is 8.80. The van der Waals surface area contributed by atoms with Gasteiger partial charge in [-0.1, -0.05) is 18.2 Å². The Morgan fingerprint density at radius 2 is 2.07 bits per heavy atom. The van der Waals surface area contributed by atoms with Gasteiger partial charge in [0, 0.05) is 13.0 Å². The van der Waals surface area contributed by atoms with Crippen LogP contribution < -0.4 is 4.74 Å². The second kappa shape index (κ2) is 4.64. The predicted molar refractivity (Wildman–Crippen MR) is 56.9 cm³/mol. The molecule has 0 amide bonds. The van der Waals surface area contributed by atoms with Crippen LogP contribution in [0.25, 0.3) is 0 Å². The van der Waals surface area contributed by atoms with E-state index in [-0.39, 0.29) is 18.3 Å². The first-order valence-electron chi connectivity index (χ1n) is 5.32. The molecular formula is C12H16O3. The molecule has 1 aromatic rings. The number of ether oxygens (including phenoxy) is 2. The molecule has 1 aliphatic rings. The summed E-state index contributed by atoms with van der Waals surface area (Å²) >= 11 is 0. The Hall–Kier alpha value is -1.06. The summed E-state index contributed by atoms with van der Waals surface area (Å²) in [5.74, 6) is 0.833. The third-order valence-electron chi connectivity index (χ3n) is 2.61. The van der Waals surface area contributed by atoms with Gasteiger partial charge in [0.05, 0.1) is 6.10 Å². The highest BCUT2D eigenvalue weighted by atomic mass is 16.6. The van der Waals surface area contributed by atoms with Gasteiger partial charge in [-0.15, -0.1) is 0 Å². The minimum Gasteiger partial charge on any atom is -0.488 e. The van der Waals surface area contributed by atoms with Gasteiger partial charge >= 0.3 is 0 Å². The second-order valence-electron chi connectivity index (χ2n) is 3.69. The normalized spacial score (nSPS) is 29.6. The van der Waals surface area contributed by atoms with Gasteiger partial charge < -0.3 is 14.6 Å². The van der Waals surface area contributed by atoms with Crippen LogP contribution >= 0.6 is 0 Å². The standard InChI is InChI=1S/C12H16O3/c1-2-14-12-10(13)8-11(12)15-9-6-4-3-5-7-9/h3-7,10-13H,2,8H2,1H3. The summed E-state index contributed by atoms with van der Waals surface area (Å²) in [6.07, 6.45) is 0.0933. The largest absolute Gasteiger partial charge is 0.488 e. The Balaban J connectivity index is 1.91. The topological polar surface area (TPSA) is 38.7 Å². The fourth-order valence-corrected chi connectivity index (χ4v) is 1.76. The van der Waals surface area contributed by atoms with Crippen molar-refractivity contribution in [2.45, 2.75) is 31.7 Å². The minimum atomic E-state index is -0.376. The van der Waals surface area contributed by atoms with E-state index >= 15 is 0 Å². The fraction of sp³-hybridized carbons (Fsp3) is 0.500. The van der Waals surface area contributed by atoms with E-state index in [2.05, 4.69) is 0 Å². The molecule has 15 heavy (non-hydrogen) atoms. The van der Waals surface area contributed by atoms with Gasteiger partial charge in [-0.2, -0.15) is 0 Å². The third-order valence-corrected chi connectivity index (χ3v) is 2.61. The average Bonchev–Trinajstić information content (AvgIpc) is 2.27. The predicted octanol–water partition coefficient (Wildman–Crippen LogP) is 1.60. The zero-order chi connectivity index (χ0) is 10.7. The molecule has 3 heteroatoms. The van der Waals surface area contributed by atoms with Gasteiger partial charge in [-0.05, 0) is 19.1 Å². The lowest BCUT2D eigenvalue weighted by Gasteiger charge is -2.40. The van der Waals surface area contributed by atoms with Crippen LogP contribution in [-0.2, 0) is 4.74 Å². The molecule has 1 aromatic carbocycles. The molecule has 1 fully saturated rings. The zero-order valence-electron chi connectivity index (χ0n) is 8.80. The minimum absolute atomic E-state index is 0.0117. The Kier molecular flexibility index (Phi) is 3.23. The van der Waals surface area contributed by atoms with E-state index in [4.69, 9.17) is 9.47 Å². The molecule has 0 bridgehead atoms. The van der Waals surface area contributed by atoms with Crippen molar-refractivity contribution in [1.82, 2.24) is 0 Å².